The molecule has 0 fully saturated rings. The SMILES string of the molecule is CCOC(=O)C1=C(N)Oc2c(oc(CO)cc2=O)C1c1ccc([N+](=O)[O-])cc1. The number of carbonyl (C=O) groups excluding carboxylic acids is 1. The van der Waals surface area contributed by atoms with Gasteiger partial charge in [-0.15, -0.1) is 0 Å². The van der Waals surface area contributed by atoms with Gasteiger partial charge < -0.3 is 24.7 Å². The van der Waals surface area contributed by atoms with Crippen LogP contribution in [0.4, 0.5) is 5.69 Å². The molecule has 0 amide bonds. The predicted molar refractivity (Wildman–Crippen MR) is 94.3 cm³/mol. The molecule has 10 nitrogen and oxygen atoms in total. The number of nitrogens with zero attached hydrogens (tertiary/aromatic N) is 1. The molecule has 3 N–H and O–H groups in total. The number of aliphatic hydroxyl groups is 1. The van der Waals surface area contributed by atoms with E-state index in [1.807, 2.05) is 0 Å². The summed E-state index contributed by atoms with van der Waals surface area (Å²) in [6.45, 7) is 1.12. The summed E-state index contributed by atoms with van der Waals surface area (Å²) in [4.78, 5) is 35.2. The quantitative estimate of drug-likeness (QED) is 0.438. The van der Waals surface area contributed by atoms with Crippen LogP contribution in [0.25, 0.3) is 0 Å². The van der Waals surface area contributed by atoms with Gasteiger partial charge in [0.1, 0.15) is 17.9 Å². The van der Waals surface area contributed by atoms with Crippen LogP contribution in [0.3, 0.4) is 0 Å². The van der Waals surface area contributed by atoms with Crippen molar-refractivity contribution in [2.24, 2.45) is 5.73 Å². The van der Waals surface area contributed by atoms with Crippen LogP contribution >= 0.6 is 0 Å². The van der Waals surface area contributed by atoms with E-state index in [0.717, 1.165) is 6.07 Å². The molecule has 1 aliphatic rings. The third-order valence-corrected chi connectivity index (χ3v) is 4.10. The normalized spacial score (nSPS) is 15.6. The first-order valence-electron chi connectivity index (χ1n) is 8.24. The number of rotatable bonds is 5. The smallest absolute Gasteiger partial charge is 0.340 e. The number of nitro benzene ring substituents is 1. The van der Waals surface area contributed by atoms with E-state index in [1.165, 1.54) is 24.3 Å². The number of ether oxygens (including phenoxy) is 2. The molecule has 146 valence electrons. The van der Waals surface area contributed by atoms with Gasteiger partial charge in [-0.2, -0.15) is 0 Å². The van der Waals surface area contributed by atoms with E-state index in [9.17, 15) is 24.8 Å². The maximum atomic E-state index is 12.5. The summed E-state index contributed by atoms with van der Waals surface area (Å²) < 4.78 is 15.9. The number of aliphatic hydroxyl groups excluding tert-OH is 1. The number of nitro groups is 1. The third-order valence-electron chi connectivity index (χ3n) is 4.10. The van der Waals surface area contributed by atoms with Crippen molar-refractivity contribution in [2.75, 3.05) is 6.61 Å². The molecule has 1 atom stereocenters. The van der Waals surface area contributed by atoms with Gasteiger partial charge in [-0.1, -0.05) is 12.1 Å². The van der Waals surface area contributed by atoms with Crippen LogP contribution in [0.1, 0.15) is 29.9 Å². The summed E-state index contributed by atoms with van der Waals surface area (Å²) in [7, 11) is 0. The lowest BCUT2D eigenvalue weighted by molar-refractivity contribution is -0.384. The molecule has 28 heavy (non-hydrogen) atoms. The Morgan fingerprint density at radius 1 is 1.36 bits per heavy atom. The number of esters is 1. The minimum absolute atomic E-state index is 0.0389. The number of carbonyl (C=O) groups is 1. The van der Waals surface area contributed by atoms with E-state index in [-0.39, 0.29) is 41.0 Å². The zero-order chi connectivity index (χ0) is 20.4. The Morgan fingerprint density at radius 2 is 2.04 bits per heavy atom. The van der Waals surface area contributed by atoms with Crippen molar-refractivity contribution in [1.29, 1.82) is 0 Å². The highest BCUT2D eigenvalue weighted by Crippen LogP contribution is 2.42. The Hall–Kier alpha value is -3.66. The molecule has 0 spiro atoms. The van der Waals surface area contributed by atoms with Crippen molar-refractivity contribution >= 4 is 11.7 Å². The van der Waals surface area contributed by atoms with Crippen LogP contribution in [0.2, 0.25) is 0 Å². The highest BCUT2D eigenvalue weighted by atomic mass is 16.6. The summed E-state index contributed by atoms with van der Waals surface area (Å²) in [5.41, 5.74) is 5.42. The lowest BCUT2D eigenvalue weighted by Gasteiger charge is -2.26. The first-order valence-corrected chi connectivity index (χ1v) is 8.24. The topological polar surface area (TPSA) is 155 Å². The fourth-order valence-corrected chi connectivity index (χ4v) is 2.89. The number of hydrogen-bond acceptors (Lipinski definition) is 9. The fourth-order valence-electron chi connectivity index (χ4n) is 2.89. The number of benzene rings is 1. The van der Waals surface area contributed by atoms with Crippen LogP contribution in [0, 0.1) is 10.1 Å². The zero-order valence-corrected chi connectivity index (χ0v) is 14.7. The lowest BCUT2D eigenvalue weighted by Crippen LogP contribution is -2.30. The van der Waals surface area contributed by atoms with Gasteiger partial charge in [0.05, 0.1) is 17.4 Å². The molecule has 0 bridgehead atoms. The van der Waals surface area contributed by atoms with Crippen molar-refractivity contribution in [1.82, 2.24) is 0 Å². The molecule has 2 aromatic rings. The lowest BCUT2D eigenvalue weighted by atomic mass is 9.86. The predicted octanol–water partition coefficient (Wildman–Crippen LogP) is 1.30. The molecule has 1 unspecified atom stereocenters. The Kier molecular flexibility index (Phi) is 5.14. The van der Waals surface area contributed by atoms with E-state index in [0.29, 0.717) is 5.56 Å². The Balaban J connectivity index is 2.24. The number of nitrogens with two attached hydrogens (primary N) is 1. The molecule has 10 heteroatoms. The third kappa shape index (κ3) is 3.32. The van der Waals surface area contributed by atoms with Gasteiger partial charge in [-0.3, -0.25) is 14.9 Å². The van der Waals surface area contributed by atoms with E-state index in [4.69, 9.17) is 19.6 Å². The maximum absolute atomic E-state index is 12.5. The van der Waals surface area contributed by atoms with E-state index in [2.05, 4.69) is 0 Å². The molecule has 0 saturated carbocycles. The summed E-state index contributed by atoms with van der Waals surface area (Å²) in [6.07, 6.45) is 0. The van der Waals surface area contributed by atoms with Gasteiger partial charge in [0.25, 0.3) is 5.69 Å². The van der Waals surface area contributed by atoms with E-state index >= 15 is 0 Å². The number of non-ortho nitro benzene ring substituents is 1. The molecule has 0 saturated heterocycles. The highest BCUT2D eigenvalue weighted by molar-refractivity contribution is 5.92. The zero-order valence-electron chi connectivity index (χ0n) is 14.7. The molecular weight excluding hydrogens is 372 g/mol. The molecule has 3 rings (SSSR count). The molecule has 1 aromatic carbocycles. The molecule has 0 aliphatic carbocycles. The maximum Gasteiger partial charge on any atom is 0.340 e. The second-order valence-corrected chi connectivity index (χ2v) is 5.81. The van der Waals surface area contributed by atoms with Gasteiger partial charge in [-0.05, 0) is 12.5 Å². The average molecular weight is 388 g/mol. The van der Waals surface area contributed by atoms with Gasteiger partial charge in [0, 0.05) is 18.2 Å². The molecule has 1 aromatic heterocycles. The molecule has 1 aliphatic heterocycles. The standard InChI is InChI=1S/C18H16N2O8/c1-2-26-18(23)14-13(9-3-5-10(6-4-9)20(24)25)16-15(28-17(14)19)12(22)7-11(8-21)27-16/h3-7,13,21H,2,8,19H2,1H3. The van der Waals surface area contributed by atoms with E-state index in [1.54, 1.807) is 6.92 Å². The molecule has 2 heterocycles. The average Bonchev–Trinajstić information content (AvgIpc) is 2.67. The van der Waals surface area contributed by atoms with Crippen molar-refractivity contribution < 1.29 is 28.7 Å². The second kappa shape index (κ2) is 7.53. The highest BCUT2D eigenvalue weighted by Gasteiger charge is 2.39. The van der Waals surface area contributed by atoms with Crippen LogP contribution < -0.4 is 15.9 Å². The van der Waals surface area contributed by atoms with Crippen molar-refractivity contribution in [3.05, 3.63) is 79.2 Å². The summed E-state index contributed by atoms with van der Waals surface area (Å²) in [6, 6.07) is 6.37. The van der Waals surface area contributed by atoms with Crippen molar-refractivity contribution in [3.8, 4) is 5.75 Å². The largest absolute Gasteiger partial charge is 0.462 e. The summed E-state index contributed by atoms with van der Waals surface area (Å²) >= 11 is 0. The molecule has 0 radical (unpaired) electrons. The van der Waals surface area contributed by atoms with Gasteiger partial charge in [0.2, 0.25) is 17.1 Å². The van der Waals surface area contributed by atoms with Crippen LogP contribution in [0.5, 0.6) is 5.75 Å². The van der Waals surface area contributed by atoms with Crippen LogP contribution in [-0.2, 0) is 16.1 Å². The Bertz CT molecular complexity index is 1020. The number of hydrogen-bond donors (Lipinski definition) is 2. The summed E-state index contributed by atoms with van der Waals surface area (Å²) in [5.74, 6) is -2.45. The first-order chi connectivity index (χ1) is 13.4. The minimum atomic E-state index is -1.01. The summed E-state index contributed by atoms with van der Waals surface area (Å²) in [5, 5.41) is 20.3. The van der Waals surface area contributed by atoms with Crippen molar-refractivity contribution in [2.45, 2.75) is 19.4 Å². The van der Waals surface area contributed by atoms with Crippen molar-refractivity contribution in [3.63, 3.8) is 0 Å². The fraction of sp³-hybridized carbons (Fsp3) is 0.222. The van der Waals surface area contributed by atoms with Gasteiger partial charge in [0.15, 0.2) is 5.76 Å². The second-order valence-electron chi connectivity index (χ2n) is 5.81. The first kappa shape index (κ1) is 19.1. The van der Waals surface area contributed by atoms with Gasteiger partial charge in [-0.25, -0.2) is 4.79 Å². The Labute approximate surface area is 157 Å². The molecular formula is C18H16N2O8. The van der Waals surface area contributed by atoms with Gasteiger partial charge >= 0.3 is 5.97 Å². The monoisotopic (exact) mass is 388 g/mol. The van der Waals surface area contributed by atoms with E-state index < -0.39 is 28.8 Å². The van der Waals surface area contributed by atoms with Crippen LogP contribution in [-0.4, -0.2) is 22.6 Å². The minimum Gasteiger partial charge on any atom is -0.462 e. The number of fused-ring (bicyclic) bond motifs is 1. The van der Waals surface area contributed by atoms with Crippen LogP contribution in [0.15, 0.2) is 51.0 Å². The Morgan fingerprint density at radius 3 is 2.61 bits per heavy atom.